The predicted octanol–water partition coefficient (Wildman–Crippen LogP) is 2.31. The molecule has 0 bridgehead atoms. The largest absolute Gasteiger partial charge is 0.508 e. The number of aromatic hydroxyl groups is 1. The van der Waals surface area contributed by atoms with Gasteiger partial charge < -0.3 is 15.7 Å². The summed E-state index contributed by atoms with van der Waals surface area (Å²) < 4.78 is 0. The number of nitrogens with two attached hydrogens (primary N) is 1. The highest BCUT2D eigenvalue weighted by Crippen LogP contribution is 2.35. The number of rotatable bonds is 6. The summed E-state index contributed by atoms with van der Waals surface area (Å²) >= 11 is 0. The fourth-order valence-electron chi connectivity index (χ4n) is 3.06. The van der Waals surface area contributed by atoms with Gasteiger partial charge in [0, 0.05) is 14.1 Å². The maximum Gasteiger partial charge on any atom is 0.233 e. The van der Waals surface area contributed by atoms with Crippen LogP contribution in [0.5, 0.6) is 5.75 Å². The van der Waals surface area contributed by atoms with Crippen LogP contribution in [0.1, 0.15) is 17.5 Å². The molecule has 1 unspecified atom stereocenters. The highest BCUT2D eigenvalue weighted by Gasteiger charge is 2.41. The first-order chi connectivity index (χ1) is 11.0. The third kappa shape index (κ3) is 3.54. The summed E-state index contributed by atoms with van der Waals surface area (Å²) in [6.07, 6.45) is 0.931. The molecule has 0 radical (unpaired) electrons. The number of phenolic OH excluding ortho intramolecular Hbond substituents is 1. The van der Waals surface area contributed by atoms with Crippen LogP contribution < -0.4 is 5.73 Å². The molecule has 0 spiro atoms. The quantitative estimate of drug-likeness (QED) is 0.860. The average Bonchev–Trinajstić information content (AvgIpc) is 2.56. The Bertz CT molecular complexity index is 655. The molecule has 1 atom stereocenters. The van der Waals surface area contributed by atoms with Gasteiger partial charge in [-0.3, -0.25) is 4.79 Å². The molecule has 0 aliphatic rings. The molecule has 122 valence electrons. The summed E-state index contributed by atoms with van der Waals surface area (Å²) in [6.45, 7) is 0.391. The van der Waals surface area contributed by atoms with E-state index in [1.165, 1.54) is 0 Å². The van der Waals surface area contributed by atoms with Crippen LogP contribution in [0.15, 0.2) is 54.6 Å². The van der Waals surface area contributed by atoms with Crippen molar-refractivity contribution in [2.24, 2.45) is 5.73 Å². The van der Waals surface area contributed by atoms with Crippen molar-refractivity contribution < 1.29 is 9.90 Å². The Balaban J connectivity index is 2.57. The first kappa shape index (κ1) is 17.0. The molecule has 2 aromatic rings. The molecule has 3 N–H and O–H groups in total. The van der Waals surface area contributed by atoms with Crippen molar-refractivity contribution in [3.63, 3.8) is 0 Å². The van der Waals surface area contributed by atoms with E-state index in [1.807, 2.05) is 42.5 Å². The Labute approximate surface area is 137 Å². The number of amides is 1. The Morgan fingerprint density at radius 3 is 2.26 bits per heavy atom. The molecule has 4 nitrogen and oxygen atoms in total. The second kappa shape index (κ2) is 7.29. The summed E-state index contributed by atoms with van der Waals surface area (Å²) in [7, 11) is 3.50. The lowest BCUT2D eigenvalue weighted by atomic mass is 9.71. The molecule has 1 amide bonds. The van der Waals surface area contributed by atoms with Crippen molar-refractivity contribution in [1.82, 2.24) is 4.90 Å². The minimum Gasteiger partial charge on any atom is -0.508 e. The number of likely N-dealkylation sites (N-methyl/N-ethyl adjacent to an activating group) is 1. The van der Waals surface area contributed by atoms with Gasteiger partial charge in [0.05, 0.1) is 5.41 Å². The molecule has 0 heterocycles. The molecule has 2 rings (SSSR count). The van der Waals surface area contributed by atoms with Crippen LogP contribution in [0.2, 0.25) is 0 Å². The highest BCUT2D eigenvalue weighted by molar-refractivity contribution is 5.88. The Hall–Kier alpha value is -2.33. The number of phenols is 1. The molecule has 0 saturated heterocycles. The van der Waals surface area contributed by atoms with Crippen LogP contribution in [0.25, 0.3) is 0 Å². The molecule has 0 saturated carbocycles. The van der Waals surface area contributed by atoms with Crippen molar-refractivity contribution in [3.05, 3.63) is 65.7 Å². The summed E-state index contributed by atoms with van der Waals surface area (Å²) in [5, 5.41) is 10.2. The van der Waals surface area contributed by atoms with Crippen LogP contribution in [-0.4, -0.2) is 36.6 Å². The second-order valence-electron chi connectivity index (χ2n) is 5.99. The topological polar surface area (TPSA) is 66.6 Å². The monoisotopic (exact) mass is 312 g/mol. The second-order valence-corrected chi connectivity index (χ2v) is 5.99. The fourth-order valence-corrected chi connectivity index (χ4v) is 3.06. The molecular weight excluding hydrogens is 288 g/mol. The number of hydrogen-bond donors (Lipinski definition) is 2. The van der Waals surface area contributed by atoms with Crippen LogP contribution in [0, 0.1) is 0 Å². The number of carbonyl (C=O) groups excluding carboxylic acids is 1. The molecule has 4 heteroatoms. The van der Waals surface area contributed by atoms with E-state index in [0.29, 0.717) is 19.4 Å². The first-order valence-electron chi connectivity index (χ1n) is 7.75. The summed E-state index contributed by atoms with van der Waals surface area (Å²) in [5.41, 5.74) is 6.74. The minimum absolute atomic E-state index is 0.00240. The van der Waals surface area contributed by atoms with Crippen molar-refractivity contribution in [2.45, 2.75) is 18.3 Å². The zero-order valence-corrected chi connectivity index (χ0v) is 13.7. The Morgan fingerprint density at radius 2 is 1.70 bits per heavy atom. The predicted molar refractivity (Wildman–Crippen MR) is 92.3 cm³/mol. The van der Waals surface area contributed by atoms with Gasteiger partial charge in [-0.15, -0.1) is 0 Å². The lowest BCUT2D eigenvalue weighted by Gasteiger charge is -2.35. The summed E-state index contributed by atoms with van der Waals surface area (Å²) in [5.74, 6) is 0.203. The SMILES string of the molecule is CN(C)C(=O)C(CCN)(Cc1ccccc1O)c1ccccc1. The highest BCUT2D eigenvalue weighted by atomic mass is 16.3. The number of nitrogens with zero attached hydrogens (tertiary/aromatic N) is 1. The van der Waals surface area contributed by atoms with E-state index in [4.69, 9.17) is 5.73 Å². The summed E-state index contributed by atoms with van der Waals surface area (Å²) in [4.78, 5) is 14.7. The Kier molecular flexibility index (Phi) is 5.40. The number of benzene rings is 2. The van der Waals surface area contributed by atoms with Crippen LogP contribution >= 0.6 is 0 Å². The van der Waals surface area contributed by atoms with Gasteiger partial charge in [-0.25, -0.2) is 0 Å². The van der Waals surface area contributed by atoms with Gasteiger partial charge in [0.15, 0.2) is 0 Å². The maximum absolute atomic E-state index is 13.1. The van der Waals surface area contributed by atoms with Gasteiger partial charge in [0.25, 0.3) is 0 Å². The van der Waals surface area contributed by atoms with E-state index in [1.54, 1.807) is 31.1 Å². The van der Waals surface area contributed by atoms with E-state index in [-0.39, 0.29) is 11.7 Å². The van der Waals surface area contributed by atoms with Gasteiger partial charge in [-0.1, -0.05) is 48.5 Å². The van der Waals surface area contributed by atoms with Crippen LogP contribution in [0.4, 0.5) is 0 Å². The van der Waals surface area contributed by atoms with E-state index < -0.39 is 5.41 Å². The van der Waals surface area contributed by atoms with Crippen LogP contribution in [-0.2, 0) is 16.6 Å². The molecule has 0 aliphatic heterocycles. The van der Waals surface area contributed by atoms with Gasteiger partial charge >= 0.3 is 0 Å². The normalized spacial score (nSPS) is 13.3. The summed E-state index contributed by atoms with van der Waals surface area (Å²) in [6, 6.07) is 16.8. The number of carbonyl (C=O) groups is 1. The molecular formula is C19H24N2O2. The van der Waals surface area contributed by atoms with Gasteiger partial charge in [-0.05, 0) is 36.6 Å². The molecule has 23 heavy (non-hydrogen) atoms. The average molecular weight is 312 g/mol. The number of hydrogen-bond acceptors (Lipinski definition) is 3. The molecule has 2 aromatic carbocycles. The van der Waals surface area contributed by atoms with Gasteiger partial charge in [-0.2, -0.15) is 0 Å². The lowest BCUT2D eigenvalue weighted by molar-refractivity contribution is -0.135. The van der Waals surface area contributed by atoms with Crippen molar-refractivity contribution in [1.29, 1.82) is 0 Å². The molecule has 0 aliphatic carbocycles. The van der Waals surface area contributed by atoms with Crippen molar-refractivity contribution in [2.75, 3.05) is 20.6 Å². The van der Waals surface area contributed by atoms with Crippen molar-refractivity contribution in [3.8, 4) is 5.75 Å². The molecule has 0 fully saturated rings. The van der Waals surface area contributed by atoms with Crippen LogP contribution in [0.3, 0.4) is 0 Å². The lowest BCUT2D eigenvalue weighted by Crippen LogP contribution is -2.46. The third-order valence-corrected chi connectivity index (χ3v) is 4.20. The fraction of sp³-hybridized carbons (Fsp3) is 0.316. The van der Waals surface area contributed by atoms with Crippen molar-refractivity contribution >= 4 is 5.91 Å². The maximum atomic E-state index is 13.1. The zero-order valence-electron chi connectivity index (χ0n) is 13.7. The smallest absolute Gasteiger partial charge is 0.233 e. The third-order valence-electron chi connectivity index (χ3n) is 4.20. The zero-order chi connectivity index (χ0) is 16.9. The van der Waals surface area contributed by atoms with Gasteiger partial charge in [0.2, 0.25) is 5.91 Å². The van der Waals surface area contributed by atoms with E-state index in [2.05, 4.69) is 0 Å². The number of para-hydroxylation sites is 1. The first-order valence-corrected chi connectivity index (χ1v) is 7.75. The minimum atomic E-state index is -0.779. The standard InChI is InChI=1S/C19H24N2O2/c1-21(2)18(23)19(12-13-20,16-9-4-3-5-10-16)14-15-8-6-7-11-17(15)22/h3-11,22H,12-14,20H2,1-2H3. The molecule has 0 aromatic heterocycles. The van der Waals surface area contributed by atoms with E-state index in [0.717, 1.165) is 11.1 Å². The van der Waals surface area contributed by atoms with Gasteiger partial charge in [0.1, 0.15) is 5.75 Å². The van der Waals surface area contributed by atoms with E-state index >= 15 is 0 Å². The Morgan fingerprint density at radius 1 is 1.09 bits per heavy atom. The van der Waals surface area contributed by atoms with E-state index in [9.17, 15) is 9.90 Å².